The molecule has 2 aromatic heterocycles. The van der Waals surface area contributed by atoms with E-state index in [0.29, 0.717) is 11.1 Å². The van der Waals surface area contributed by atoms with Crippen LogP contribution < -0.4 is 4.74 Å². The summed E-state index contributed by atoms with van der Waals surface area (Å²) in [6.07, 6.45) is -0.399. The SMILES string of the molecule is O=C(c1ccc2nc[nH]c2c1)N1CCC(F)(F)[C@@H](Oc2ccc3ccccc3n2)C1. The third kappa shape index (κ3) is 3.34. The van der Waals surface area contributed by atoms with Crippen LogP contribution in [0.15, 0.2) is 60.9 Å². The lowest BCUT2D eigenvalue weighted by atomic mass is 10.0. The zero-order valence-corrected chi connectivity index (χ0v) is 15.9. The summed E-state index contributed by atoms with van der Waals surface area (Å²) in [4.78, 5) is 25.7. The van der Waals surface area contributed by atoms with Gasteiger partial charge in [-0.3, -0.25) is 4.79 Å². The second kappa shape index (κ2) is 7.05. The van der Waals surface area contributed by atoms with Crippen LogP contribution in [0, 0.1) is 0 Å². The van der Waals surface area contributed by atoms with E-state index in [4.69, 9.17) is 4.74 Å². The van der Waals surface area contributed by atoms with Crippen molar-refractivity contribution in [3.8, 4) is 5.88 Å². The number of para-hydroxylation sites is 1. The van der Waals surface area contributed by atoms with Crippen LogP contribution in [0.1, 0.15) is 16.8 Å². The minimum absolute atomic E-state index is 0.0438. The molecular formula is C22H18F2N4O2. The molecule has 0 radical (unpaired) electrons. The lowest BCUT2D eigenvalue weighted by Crippen LogP contribution is -2.55. The standard InChI is InChI=1S/C22H18F2N4O2/c23-22(24)9-10-28(21(29)15-5-7-17-18(11-15)26-13-25-17)12-19(22)30-20-8-6-14-3-1-2-4-16(14)27-20/h1-8,11,13,19H,9-10,12H2,(H,25,26)/t19-/m0/s1. The maximum atomic E-state index is 14.6. The van der Waals surface area contributed by atoms with Crippen LogP contribution in [0.4, 0.5) is 8.78 Å². The molecule has 0 aliphatic carbocycles. The number of likely N-dealkylation sites (tertiary alicyclic amines) is 1. The number of amides is 1. The highest BCUT2D eigenvalue weighted by Gasteiger charge is 2.47. The molecule has 1 atom stereocenters. The fourth-order valence-electron chi connectivity index (χ4n) is 3.69. The molecule has 1 fully saturated rings. The molecule has 6 nitrogen and oxygen atoms in total. The van der Waals surface area contributed by atoms with E-state index in [1.54, 1.807) is 42.7 Å². The van der Waals surface area contributed by atoms with Gasteiger partial charge in [0, 0.05) is 30.0 Å². The Bertz CT molecular complexity index is 1240. The van der Waals surface area contributed by atoms with Crippen LogP contribution in [0.25, 0.3) is 21.9 Å². The molecule has 3 heterocycles. The Labute approximate surface area is 170 Å². The molecule has 0 spiro atoms. The molecule has 1 aliphatic heterocycles. The van der Waals surface area contributed by atoms with Gasteiger partial charge in [0.15, 0.2) is 6.10 Å². The number of aromatic amines is 1. The van der Waals surface area contributed by atoms with Gasteiger partial charge in [-0.2, -0.15) is 0 Å². The normalized spacial score (nSPS) is 18.6. The number of piperidine rings is 1. The number of carbonyl (C=O) groups is 1. The predicted molar refractivity (Wildman–Crippen MR) is 108 cm³/mol. The van der Waals surface area contributed by atoms with Crippen molar-refractivity contribution in [1.29, 1.82) is 0 Å². The Morgan fingerprint density at radius 1 is 1.13 bits per heavy atom. The van der Waals surface area contributed by atoms with Crippen LogP contribution in [-0.2, 0) is 0 Å². The highest BCUT2D eigenvalue weighted by atomic mass is 19.3. The van der Waals surface area contributed by atoms with E-state index >= 15 is 0 Å². The fourth-order valence-corrected chi connectivity index (χ4v) is 3.69. The number of nitrogens with one attached hydrogen (secondary N) is 1. The minimum atomic E-state index is -3.06. The van der Waals surface area contributed by atoms with E-state index in [9.17, 15) is 13.6 Å². The van der Waals surface area contributed by atoms with Gasteiger partial charge in [0.1, 0.15) is 0 Å². The van der Waals surface area contributed by atoms with Gasteiger partial charge >= 0.3 is 0 Å². The lowest BCUT2D eigenvalue weighted by Gasteiger charge is -2.38. The molecule has 2 aromatic carbocycles. The zero-order chi connectivity index (χ0) is 20.7. The molecule has 8 heteroatoms. The fraction of sp³-hybridized carbons (Fsp3) is 0.227. The Morgan fingerprint density at radius 3 is 2.90 bits per heavy atom. The first-order chi connectivity index (χ1) is 14.5. The molecule has 0 bridgehead atoms. The Morgan fingerprint density at radius 2 is 2.00 bits per heavy atom. The van der Waals surface area contributed by atoms with E-state index in [1.165, 1.54) is 4.90 Å². The smallest absolute Gasteiger partial charge is 0.287 e. The van der Waals surface area contributed by atoms with E-state index in [1.807, 2.05) is 18.2 Å². The van der Waals surface area contributed by atoms with Crippen LogP contribution in [0.2, 0.25) is 0 Å². The molecule has 1 N–H and O–H groups in total. The van der Waals surface area contributed by atoms with Crippen molar-refractivity contribution in [3.05, 3.63) is 66.5 Å². The van der Waals surface area contributed by atoms with Gasteiger partial charge in [0.2, 0.25) is 5.88 Å². The van der Waals surface area contributed by atoms with E-state index < -0.39 is 18.4 Å². The van der Waals surface area contributed by atoms with Crippen LogP contribution in [0.3, 0.4) is 0 Å². The molecule has 1 amide bonds. The van der Waals surface area contributed by atoms with Gasteiger partial charge in [-0.25, -0.2) is 18.7 Å². The number of hydrogen-bond acceptors (Lipinski definition) is 4. The second-order valence-corrected chi connectivity index (χ2v) is 7.35. The number of benzene rings is 2. The number of fused-ring (bicyclic) bond motifs is 2. The molecule has 1 saturated heterocycles. The number of hydrogen-bond donors (Lipinski definition) is 1. The Balaban J connectivity index is 1.37. The first kappa shape index (κ1) is 18.5. The van der Waals surface area contributed by atoms with Gasteiger partial charge in [-0.1, -0.05) is 18.2 Å². The lowest BCUT2D eigenvalue weighted by molar-refractivity contribution is -0.131. The van der Waals surface area contributed by atoms with E-state index in [-0.39, 0.29) is 24.9 Å². The highest BCUT2D eigenvalue weighted by molar-refractivity contribution is 5.97. The number of nitrogens with zero attached hydrogens (tertiary/aromatic N) is 3. The number of carbonyl (C=O) groups excluding carboxylic acids is 1. The highest BCUT2D eigenvalue weighted by Crippen LogP contribution is 2.32. The summed E-state index contributed by atoms with van der Waals surface area (Å²) < 4.78 is 34.7. The summed E-state index contributed by atoms with van der Waals surface area (Å²) in [6.45, 7) is -0.265. The predicted octanol–water partition coefficient (Wildman–Crippen LogP) is 4.04. The minimum Gasteiger partial charge on any atom is -0.466 e. The third-order valence-corrected chi connectivity index (χ3v) is 5.36. The maximum absolute atomic E-state index is 14.6. The average molecular weight is 408 g/mol. The summed E-state index contributed by atoms with van der Waals surface area (Å²) in [6, 6.07) is 15.8. The number of H-pyrrole nitrogens is 1. The molecule has 0 saturated carbocycles. The number of ether oxygens (including phenoxy) is 1. The summed E-state index contributed by atoms with van der Waals surface area (Å²) in [7, 11) is 0. The molecule has 5 rings (SSSR count). The zero-order valence-electron chi connectivity index (χ0n) is 15.9. The molecular weight excluding hydrogens is 390 g/mol. The van der Waals surface area contributed by atoms with E-state index in [2.05, 4.69) is 15.0 Å². The molecule has 1 aliphatic rings. The molecule has 30 heavy (non-hydrogen) atoms. The maximum Gasteiger partial charge on any atom is 0.287 e. The monoisotopic (exact) mass is 408 g/mol. The van der Waals surface area contributed by atoms with Crippen LogP contribution in [0.5, 0.6) is 5.88 Å². The van der Waals surface area contributed by atoms with Gasteiger partial charge in [0.25, 0.3) is 11.8 Å². The Kier molecular flexibility index (Phi) is 4.34. The van der Waals surface area contributed by atoms with Gasteiger partial charge < -0.3 is 14.6 Å². The Hall–Kier alpha value is -3.55. The largest absolute Gasteiger partial charge is 0.466 e. The summed E-state index contributed by atoms with van der Waals surface area (Å²) >= 11 is 0. The number of aromatic nitrogens is 3. The van der Waals surface area contributed by atoms with Crippen LogP contribution >= 0.6 is 0 Å². The van der Waals surface area contributed by atoms with Crippen molar-refractivity contribution < 1.29 is 18.3 Å². The third-order valence-electron chi connectivity index (χ3n) is 5.36. The topological polar surface area (TPSA) is 71.1 Å². The molecule has 152 valence electrons. The first-order valence-corrected chi connectivity index (χ1v) is 9.62. The summed E-state index contributed by atoms with van der Waals surface area (Å²) in [5.74, 6) is -3.26. The van der Waals surface area contributed by atoms with Gasteiger partial charge in [-0.15, -0.1) is 0 Å². The van der Waals surface area contributed by atoms with Gasteiger partial charge in [0.05, 0.1) is 29.4 Å². The molecule has 0 unspecified atom stereocenters. The van der Waals surface area contributed by atoms with Crippen molar-refractivity contribution in [3.63, 3.8) is 0 Å². The molecule has 4 aromatic rings. The summed E-state index contributed by atoms with van der Waals surface area (Å²) in [5.41, 5.74) is 2.53. The number of pyridine rings is 1. The number of alkyl halides is 2. The number of halogens is 2. The van der Waals surface area contributed by atoms with Crippen molar-refractivity contribution in [1.82, 2.24) is 19.9 Å². The van der Waals surface area contributed by atoms with Crippen molar-refractivity contribution in [2.24, 2.45) is 0 Å². The van der Waals surface area contributed by atoms with Crippen molar-refractivity contribution in [2.75, 3.05) is 13.1 Å². The van der Waals surface area contributed by atoms with E-state index in [0.717, 1.165) is 16.4 Å². The number of rotatable bonds is 3. The average Bonchev–Trinajstić information content (AvgIpc) is 3.22. The van der Waals surface area contributed by atoms with Crippen LogP contribution in [-0.4, -0.2) is 50.9 Å². The second-order valence-electron chi connectivity index (χ2n) is 7.35. The van der Waals surface area contributed by atoms with Crippen molar-refractivity contribution >= 4 is 27.8 Å². The number of imidazole rings is 1. The van der Waals surface area contributed by atoms with Crippen molar-refractivity contribution in [2.45, 2.75) is 18.4 Å². The van der Waals surface area contributed by atoms with Gasteiger partial charge in [-0.05, 0) is 30.3 Å². The summed E-state index contributed by atoms with van der Waals surface area (Å²) in [5, 5.41) is 0.895. The quantitative estimate of drug-likeness (QED) is 0.555. The first-order valence-electron chi connectivity index (χ1n) is 9.62.